The van der Waals surface area contributed by atoms with E-state index in [9.17, 15) is 14.0 Å². The van der Waals surface area contributed by atoms with Gasteiger partial charge in [0.15, 0.2) is 0 Å². The average molecular weight is 468 g/mol. The highest BCUT2D eigenvalue weighted by molar-refractivity contribution is 5.92. The van der Waals surface area contributed by atoms with Crippen molar-refractivity contribution in [1.29, 1.82) is 0 Å². The maximum absolute atomic E-state index is 13.4. The van der Waals surface area contributed by atoms with Crippen LogP contribution in [0.1, 0.15) is 22.6 Å². The number of amides is 3. The number of halogens is 1. The number of carbonyl (C=O) groups excluding carboxylic acids is 2. The maximum atomic E-state index is 13.4. The molecule has 3 rings (SSSR count). The van der Waals surface area contributed by atoms with Crippen molar-refractivity contribution >= 4 is 17.6 Å². The molecule has 34 heavy (non-hydrogen) atoms. The standard InChI is InChI=1S/C26H30FN3O4/c1-19-4-11-23(12-5-19)28-26(32)29(14-15-33-3)18-25(31)30(17-24-13-6-20(2)34-24)16-21-7-9-22(27)10-8-21/h4-13H,14-18H2,1-3H3,(H,28,32). The van der Waals surface area contributed by atoms with Gasteiger partial charge in [-0.15, -0.1) is 0 Å². The SMILES string of the molecule is COCCN(CC(=O)N(Cc1ccc(F)cc1)Cc1ccc(C)o1)C(=O)Nc1ccc(C)cc1. The number of methoxy groups -OCH3 is 1. The van der Waals surface area contributed by atoms with E-state index in [0.717, 1.165) is 16.9 Å². The number of benzene rings is 2. The van der Waals surface area contributed by atoms with Crippen molar-refractivity contribution in [3.05, 3.63) is 89.1 Å². The van der Waals surface area contributed by atoms with E-state index in [-0.39, 0.29) is 44.5 Å². The fraction of sp³-hybridized carbons (Fsp3) is 0.308. The molecule has 0 fully saturated rings. The molecule has 180 valence electrons. The molecule has 0 saturated carbocycles. The monoisotopic (exact) mass is 467 g/mol. The van der Waals surface area contributed by atoms with Crippen LogP contribution in [-0.4, -0.2) is 48.5 Å². The zero-order valence-electron chi connectivity index (χ0n) is 19.7. The fourth-order valence-electron chi connectivity index (χ4n) is 3.36. The van der Waals surface area contributed by atoms with Crippen LogP contribution in [0, 0.1) is 19.7 Å². The number of hydrogen-bond donors (Lipinski definition) is 1. The number of nitrogens with one attached hydrogen (secondary N) is 1. The number of rotatable bonds is 10. The van der Waals surface area contributed by atoms with Crippen LogP contribution in [0.3, 0.4) is 0 Å². The third-order valence-electron chi connectivity index (χ3n) is 5.26. The number of hydrogen-bond acceptors (Lipinski definition) is 4. The average Bonchev–Trinajstić information content (AvgIpc) is 3.23. The fourth-order valence-corrected chi connectivity index (χ4v) is 3.36. The molecule has 0 bridgehead atoms. The van der Waals surface area contributed by atoms with Crippen LogP contribution in [0.5, 0.6) is 0 Å². The molecule has 0 unspecified atom stereocenters. The zero-order valence-corrected chi connectivity index (χ0v) is 19.7. The molecule has 0 aliphatic carbocycles. The second-order valence-electron chi connectivity index (χ2n) is 8.10. The van der Waals surface area contributed by atoms with Crippen LogP contribution in [0.4, 0.5) is 14.9 Å². The van der Waals surface area contributed by atoms with Crippen LogP contribution in [0.15, 0.2) is 65.1 Å². The second kappa shape index (κ2) is 12.0. The summed E-state index contributed by atoms with van der Waals surface area (Å²) >= 11 is 0. The Hall–Kier alpha value is -3.65. The number of nitrogens with zero attached hydrogens (tertiary/aromatic N) is 2. The van der Waals surface area contributed by atoms with Gasteiger partial charge in [-0.3, -0.25) is 4.79 Å². The van der Waals surface area contributed by atoms with Crippen LogP contribution >= 0.6 is 0 Å². The topological polar surface area (TPSA) is 75.0 Å². The van der Waals surface area contributed by atoms with E-state index < -0.39 is 6.03 Å². The molecule has 1 aromatic heterocycles. The highest BCUT2D eigenvalue weighted by atomic mass is 19.1. The Kier molecular flexibility index (Phi) is 8.81. The van der Waals surface area contributed by atoms with Crippen molar-refractivity contribution in [3.63, 3.8) is 0 Å². The van der Waals surface area contributed by atoms with E-state index in [2.05, 4.69) is 5.32 Å². The van der Waals surface area contributed by atoms with E-state index in [1.807, 2.05) is 50.2 Å². The summed E-state index contributed by atoms with van der Waals surface area (Å²) in [5, 5.41) is 2.83. The molecule has 0 saturated heterocycles. The number of urea groups is 1. The molecule has 0 spiro atoms. The largest absolute Gasteiger partial charge is 0.464 e. The lowest BCUT2D eigenvalue weighted by molar-refractivity contribution is -0.133. The molecule has 3 amide bonds. The van der Waals surface area contributed by atoms with Crippen molar-refractivity contribution in [2.24, 2.45) is 0 Å². The van der Waals surface area contributed by atoms with Gasteiger partial charge in [-0.1, -0.05) is 29.8 Å². The molecule has 8 heteroatoms. The molecular weight excluding hydrogens is 437 g/mol. The Bertz CT molecular complexity index is 1080. The minimum absolute atomic E-state index is 0.151. The van der Waals surface area contributed by atoms with Crippen LogP contribution in [-0.2, 0) is 22.6 Å². The van der Waals surface area contributed by atoms with Crippen molar-refractivity contribution in [3.8, 4) is 0 Å². The van der Waals surface area contributed by atoms with Crippen LogP contribution in [0.2, 0.25) is 0 Å². The molecule has 0 atom stereocenters. The van der Waals surface area contributed by atoms with Crippen molar-refractivity contribution in [2.75, 3.05) is 32.1 Å². The van der Waals surface area contributed by atoms with E-state index in [1.165, 1.54) is 24.1 Å². The summed E-state index contributed by atoms with van der Waals surface area (Å²) < 4.78 is 24.2. The van der Waals surface area contributed by atoms with Crippen molar-refractivity contribution < 1.29 is 23.1 Å². The summed E-state index contributed by atoms with van der Waals surface area (Å²) in [7, 11) is 1.54. The van der Waals surface area contributed by atoms with Gasteiger partial charge in [0.2, 0.25) is 5.91 Å². The van der Waals surface area contributed by atoms with Gasteiger partial charge in [0.1, 0.15) is 23.9 Å². The van der Waals surface area contributed by atoms with E-state index in [1.54, 1.807) is 17.0 Å². The van der Waals surface area contributed by atoms with E-state index in [4.69, 9.17) is 9.15 Å². The van der Waals surface area contributed by atoms with Gasteiger partial charge in [-0.05, 0) is 55.8 Å². The summed E-state index contributed by atoms with van der Waals surface area (Å²) in [6.07, 6.45) is 0. The molecule has 7 nitrogen and oxygen atoms in total. The third kappa shape index (κ3) is 7.45. The molecule has 0 aliphatic heterocycles. The molecule has 0 aliphatic rings. The third-order valence-corrected chi connectivity index (χ3v) is 5.26. The van der Waals surface area contributed by atoms with Gasteiger partial charge >= 0.3 is 6.03 Å². The smallest absolute Gasteiger partial charge is 0.322 e. The van der Waals surface area contributed by atoms with Gasteiger partial charge in [-0.25, -0.2) is 9.18 Å². The lowest BCUT2D eigenvalue weighted by Gasteiger charge is -2.27. The Morgan fingerprint density at radius 3 is 2.26 bits per heavy atom. The summed E-state index contributed by atoms with van der Waals surface area (Å²) in [4.78, 5) is 29.3. The molecule has 1 heterocycles. The highest BCUT2D eigenvalue weighted by Crippen LogP contribution is 2.15. The Morgan fingerprint density at radius 1 is 0.941 bits per heavy atom. The molecule has 3 aromatic rings. The van der Waals surface area contributed by atoms with Gasteiger partial charge in [0.25, 0.3) is 0 Å². The quantitative estimate of drug-likeness (QED) is 0.467. The van der Waals surface area contributed by atoms with Crippen LogP contribution < -0.4 is 5.32 Å². The first-order valence-electron chi connectivity index (χ1n) is 11.0. The number of anilines is 1. The first-order valence-corrected chi connectivity index (χ1v) is 11.0. The summed E-state index contributed by atoms with van der Waals surface area (Å²) in [5.41, 5.74) is 2.49. The predicted octanol–water partition coefficient (Wildman–Crippen LogP) is 4.74. The second-order valence-corrected chi connectivity index (χ2v) is 8.10. The zero-order chi connectivity index (χ0) is 24.5. The number of aryl methyl sites for hydroxylation is 2. The molecule has 1 N–H and O–H groups in total. The molecule has 2 aromatic carbocycles. The first kappa shape index (κ1) is 25.0. The number of furan rings is 1. The number of carbonyl (C=O) groups is 2. The highest BCUT2D eigenvalue weighted by Gasteiger charge is 2.23. The summed E-state index contributed by atoms with van der Waals surface area (Å²) in [5.74, 6) is 0.749. The van der Waals surface area contributed by atoms with Crippen molar-refractivity contribution in [1.82, 2.24) is 9.80 Å². The Balaban J connectivity index is 1.75. The van der Waals surface area contributed by atoms with Crippen molar-refractivity contribution in [2.45, 2.75) is 26.9 Å². The minimum Gasteiger partial charge on any atom is -0.464 e. The first-order chi connectivity index (χ1) is 16.3. The van der Waals surface area contributed by atoms with Gasteiger partial charge in [-0.2, -0.15) is 0 Å². The molecular formula is C26H30FN3O4. The lowest BCUT2D eigenvalue weighted by atomic mass is 10.2. The Labute approximate surface area is 199 Å². The molecule has 0 radical (unpaired) electrons. The van der Waals surface area contributed by atoms with E-state index >= 15 is 0 Å². The predicted molar refractivity (Wildman–Crippen MR) is 128 cm³/mol. The van der Waals surface area contributed by atoms with Gasteiger partial charge in [0.05, 0.1) is 13.2 Å². The van der Waals surface area contributed by atoms with Gasteiger partial charge < -0.3 is 24.3 Å². The summed E-state index contributed by atoms with van der Waals surface area (Å²) in [6, 6.07) is 16.6. The minimum atomic E-state index is -0.398. The maximum Gasteiger partial charge on any atom is 0.322 e. The van der Waals surface area contributed by atoms with E-state index in [0.29, 0.717) is 11.4 Å². The summed E-state index contributed by atoms with van der Waals surface area (Å²) in [6.45, 7) is 4.64. The lowest BCUT2D eigenvalue weighted by Crippen LogP contribution is -2.45. The Morgan fingerprint density at radius 2 is 1.65 bits per heavy atom. The van der Waals surface area contributed by atoms with Crippen LogP contribution in [0.25, 0.3) is 0 Å². The number of ether oxygens (including phenoxy) is 1. The normalized spacial score (nSPS) is 10.7. The van der Waals surface area contributed by atoms with Gasteiger partial charge in [0, 0.05) is 25.9 Å².